The van der Waals surface area contributed by atoms with E-state index < -0.39 is 0 Å². The molecule has 0 aliphatic carbocycles. The number of carbonyl (C=O) groups is 1. The van der Waals surface area contributed by atoms with Crippen molar-refractivity contribution in [3.8, 4) is 5.75 Å². The molecule has 0 aliphatic rings. The first-order valence-electron chi connectivity index (χ1n) is 12.9. The summed E-state index contributed by atoms with van der Waals surface area (Å²) < 4.78 is 0. The Labute approximate surface area is 194 Å². The second kappa shape index (κ2) is 15.7. The van der Waals surface area contributed by atoms with Gasteiger partial charge in [0.15, 0.2) is 0 Å². The number of aromatic hydroxyl groups is 1. The number of phenols is 1. The maximum absolute atomic E-state index is 12.5. The van der Waals surface area contributed by atoms with Crippen LogP contribution in [0.4, 0.5) is 0 Å². The van der Waals surface area contributed by atoms with Crippen LogP contribution in [0.5, 0.6) is 5.75 Å². The average Bonchev–Trinajstić information content (AvgIpc) is 3.23. The van der Waals surface area contributed by atoms with Crippen molar-refractivity contribution < 1.29 is 9.90 Å². The number of hydrogen-bond donors (Lipinski definition) is 4. The smallest absolute Gasteiger partial charge is 0.253 e. The van der Waals surface area contributed by atoms with Gasteiger partial charge in [-0.3, -0.25) is 4.79 Å². The molecule has 0 unspecified atom stereocenters. The van der Waals surface area contributed by atoms with Gasteiger partial charge in [-0.25, -0.2) is 0 Å². The monoisotopic (exact) mass is 443 g/mol. The molecule has 1 aromatic heterocycles. The van der Waals surface area contributed by atoms with Gasteiger partial charge in [0, 0.05) is 29.2 Å². The van der Waals surface area contributed by atoms with Crippen LogP contribution in [0.15, 0.2) is 18.3 Å². The van der Waals surface area contributed by atoms with Gasteiger partial charge in [-0.05, 0) is 51.4 Å². The highest BCUT2D eigenvalue weighted by Gasteiger charge is 2.15. The van der Waals surface area contributed by atoms with Crippen LogP contribution in [-0.2, 0) is 0 Å². The number of rotatable bonds is 18. The highest BCUT2D eigenvalue weighted by molar-refractivity contribution is 6.08. The fourth-order valence-corrected chi connectivity index (χ4v) is 4.28. The number of aryl methyl sites for hydroxylation is 1. The standard InChI is InChI=1S/C27H45N3O2/c1-3-4-5-6-7-10-13-18-28-19-14-11-8-9-12-15-20-29-27(32)23-21-30-24-16-17-25(31)22(2)26(23)24/h16-17,21,28,30-31H,3-15,18-20H2,1-2H3,(H,29,32). The zero-order valence-corrected chi connectivity index (χ0v) is 20.4. The third-order valence-corrected chi connectivity index (χ3v) is 6.35. The third-order valence-electron chi connectivity index (χ3n) is 6.35. The number of amides is 1. The topological polar surface area (TPSA) is 77.1 Å². The van der Waals surface area contributed by atoms with Gasteiger partial charge in [-0.2, -0.15) is 0 Å². The highest BCUT2D eigenvalue weighted by Crippen LogP contribution is 2.28. The zero-order chi connectivity index (χ0) is 23.0. The van der Waals surface area contributed by atoms with Crippen molar-refractivity contribution in [3.05, 3.63) is 29.5 Å². The number of phenolic OH excluding ortho intramolecular Hbond substituents is 1. The van der Waals surface area contributed by atoms with Crippen LogP contribution in [0.1, 0.15) is 106 Å². The van der Waals surface area contributed by atoms with Crippen molar-refractivity contribution in [2.24, 2.45) is 0 Å². The van der Waals surface area contributed by atoms with E-state index in [1.165, 1.54) is 77.2 Å². The summed E-state index contributed by atoms with van der Waals surface area (Å²) in [6.07, 6.45) is 18.6. The fraction of sp³-hybridized carbons (Fsp3) is 0.667. The van der Waals surface area contributed by atoms with Gasteiger partial charge in [0.2, 0.25) is 0 Å². The van der Waals surface area contributed by atoms with Crippen molar-refractivity contribution >= 4 is 16.8 Å². The van der Waals surface area contributed by atoms with Crippen LogP contribution < -0.4 is 10.6 Å². The normalized spacial score (nSPS) is 11.3. The number of aromatic amines is 1. The Kier molecular flexibility index (Phi) is 12.9. The lowest BCUT2D eigenvalue weighted by molar-refractivity contribution is 0.0954. The second-order valence-electron chi connectivity index (χ2n) is 9.08. The molecule has 0 fully saturated rings. The SMILES string of the molecule is CCCCCCCCCNCCCCCCCCNC(=O)c1c[nH]c2ccc(O)c(C)c12. The minimum absolute atomic E-state index is 0.0722. The Bertz CT molecular complexity index is 785. The van der Waals surface area contributed by atoms with Crippen molar-refractivity contribution in [3.63, 3.8) is 0 Å². The summed E-state index contributed by atoms with van der Waals surface area (Å²) >= 11 is 0. The van der Waals surface area contributed by atoms with Crippen LogP contribution in [0.3, 0.4) is 0 Å². The Hall–Kier alpha value is -2.01. The van der Waals surface area contributed by atoms with E-state index in [9.17, 15) is 9.90 Å². The predicted molar refractivity (Wildman–Crippen MR) is 136 cm³/mol. The lowest BCUT2D eigenvalue weighted by atomic mass is 10.1. The summed E-state index contributed by atoms with van der Waals surface area (Å²) in [4.78, 5) is 15.6. The number of fused-ring (bicyclic) bond motifs is 1. The van der Waals surface area contributed by atoms with Gasteiger partial charge in [0.05, 0.1) is 5.56 Å². The van der Waals surface area contributed by atoms with Gasteiger partial charge < -0.3 is 20.7 Å². The summed E-state index contributed by atoms with van der Waals surface area (Å²) in [7, 11) is 0. The molecule has 0 atom stereocenters. The number of H-pyrrole nitrogens is 1. The molecule has 1 aromatic carbocycles. The molecule has 2 aromatic rings. The predicted octanol–water partition coefficient (Wildman–Crippen LogP) is 6.59. The van der Waals surface area contributed by atoms with Crippen molar-refractivity contribution in [1.29, 1.82) is 0 Å². The van der Waals surface area contributed by atoms with E-state index in [4.69, 9.17) is 0 Å². The molecule has 180 valence electrons. The summed E-state index contributed by atoms with van der Waals surface area (Å²) in [5.74, 6) is 0.149. The van der Waals surface area contributed by atoms with Crippen LogP contribution >= 0.6 is 0 Å². The molecule has 0 radical (unpaired) electrons. The molecule has 0 saturated heterocycles. The molecule has 0 aliphatic heterocycles. The molecule has 0 bridgehead atoms. The number of aromatic nitrogens is 1. The molecule has 5 heteroatoms. The Balaban J connectivity index is 1.42. The number of nitrogens with one attached hydrogen (secondary N) is 3. The largest absolute Gasteiger partial charge is 0.508 e. The molecule has 1 amide bonds. The molecule has 0 saturated carbocycles. The van der Waals surface area contributed by atoms with E-state index in [0.29, 0.717) is 12.1 Å². The Morgan fingerprint density at radius 1 is 0.844 bits per heavy atom. The molecule has 2 rings (SSSR count). The van der Waals surface area contributed by atoms with Crippen LogP contribution in [0.2, 0.25) is 0 Å². The third kappa shape index (κ3) is 9.23. The van der Waals surface area contributed by atoms with Gasteiger partial charge in [0.1, 0.15) is 5.75 Å². The van der Waals surface area contributed by atoms with E-state index in [1.54, 1.807) is 18.3 Å². The summed E-state index contributed by atoms with van der Waals surface area (Å²) in [5.41, 5.74) is 2.23. The fourth-order valence-electron chi connectivity index (χ4n) is 4.28. The van der Waals surface area contributed by atoms with Gasteiger partial charge in [-0.15, -0.1) is 0 Å². The highest BCUT2D eigenvalue weighted by atomic mass is 16.3. The Morgan fingerprint density at radius 2 is 1.41 bits per heavy atom. The molecular formula is C27H45N3O2. The van der Waals surface area contributed by atoms with Gasteiger partial charge in [-0.1, -0.05) is 71.1 Å². The molecule has 32 heavy (non-hydrogen) atoms. The van der Waals surface area contributed by atoms with E-state index in [2.05, 4.69) is 22.5 Å². The lowest BCUT2D eigenvalue weighted by Gasteiger charge is -2.07. The molecular weight excluding hydrogens is 398 g/mol. The van der Waals surface area contributed by atoms with Gasteiger partial charge >= 0.3 is 0 Å². The maximum Gasteiger partial charge on any atom is 0.253 e. The van der Waals surface area contributed by atoms with Crippen LogP contribution in [-0.4, -0.2) is 35.6 Å². The number of unbranched alkanes of at least 4 members (excludes halogenated alkanes) is 11. The van der Waals surface area contributed by atoms with Gasteiger partial charge in [0.25, 0.3) is 5.91 Å². The van der Waals surface area contributed by atoms with E-state index >= 15 is 0 Å². The molecule has 4 N–H and O–H groups in total. The van der Waals surface area contributed by atoms with Crippen molar-refractivity contribution in [2.75, 3.05) is 19.6 Å². The average molecular weight is 444 g/mol. The Morgan fingerprint density at radius 3 is 2.03 bits per heavy atom. The first kappa shape index (κ1) is 26.2. The van der Waals surface area contributed by atoms with E-state index in [0.717, 1.165) is 35.9 Å². The van der Waals surface area contributed by atoms with Crippen molar-refractivity contribution in [1.82, 2.24) is 15.6 Å². The van der Waals surface area contributed by atoms with Crippen LogP contribution in [0, 0.1) is 6.92 Å². The maximum atomic E-state index is 12.5. The molecule has 5 nitrogen and oxygen atoms in total. The second-order valence-corrected chi connectivity index (χ2v) is 9.08. The van der Waals surface area contributed by atoms with E-state index in [-0.39, 0.29) is 11.7 Å². The summed E-state index contributed by atoms with van der Waals surface area (Å²) in [5, 5.41) is 17.3. The number of hydrogen-bond acceptors (Lipinski definition) is 3. The lowest BCUT2D eigenvalue weighted by Crippen LogP contribution is -2.24. The number of benzene rings is 1. The number of carbonyl (C=O) groups excluding carboxylic acids is 1. The quantitative estimate of drug-likeness (QED) is 0.196. The van der Waals surface area contributed by atoms with E-state index in [1.807, 2.05) is 6.92 Å². The summed E-state index contributed by atoms with van der Waals surface area (Å²) in [6, 6.07) is 3.46. The van der Waals surface area contributed by atoms with Crippen molar-refractivity contribution in [2.45, 2.75) is 97.3 Å². The summed E-state index contributed by atoms with van der Waals surface area (Å²) in [6.45, 7) is 7.12. The first-order valence-corrected chi connectivity index (χ1v) is 12.9. The first-order chi connectivity index (χ1) is 15.6. The van der Waals surface area contributed by atoms with Crippen LogP contribution in [0.25, 0.3) is 10.9 Å². The minimum Gasteiger partial charge on any atom is -0.508 e. The zero-order valence-electron chi connectivity index (χ0n) is 20.4. The minimum atomic E-state index is -0.0722. The molecule has 0 spiro atoms. The molecule has 1 heterocycles.